The molecule has 0 rings (SSSR count). The van der Waals surface area contributed by atoms with E-state index in [2.05, 4.69) is 12.2 Å². The second-order valence-corrected chi connectivity index (χ2v) is 5.22. The summed E-state index contributed by atoms with van der Waals surface area (Å²) in [6.07, 6.45) is 3.31. The standard InChI is InChI=1S/C15H33NO4/c1-4-7-8-19-9-10-20-12-14(18)11-16-15(5-2,6-3)13-17/h14,16-18H,4-13H2,1-3H3. The lowest BCUT2D eigenvalue weighted by atomic mass is 9.94. The maximum atomic E-state index is 9.83. The smallest absolute Gasteiger partial charge is 0.0897 e. The molecule has 0 saturated heterocycles. The van der Waals surface area contributed by atoms with Gasteiger partial charge in [-0.1, -0.05) is 27.2 Å². The van der Waals surface area contributed by atoms with Crippen molar-refractivity contribution in [3.63, 3.8) is 0 Å². The molecule has 0 aromatic heterocycles. The van der Waals surface area contributed by atoms with Gasteiger partial charge in [-0.15, -0.1) is 0 Å². The van der Waals surface area contributed by atoms with Crippen LogP contribution in [0.2, 0.25) is 0 Å². The highest BCUT2D eigenvalue weighted by molar-refractivity contribution is 4.85. The summed E-state index contributed by atoms with van der Waals surface area (Å²) in [5.41, 5.74) is -0.287. The first-order chi connectivity index (χ1) is 9.64. The molecule has 5 heteroatoms. The van der Waals surface area contributed by atoms with E-state index in [9.17, 15) is 10.2 Å². The number of rotatable bonds is 14. The van der Waals surface area contributed by atoms with Gasteiger partial charge in [0.05, 0.1) is 32.5 Å². The first-order valence-electron chi connectivity index (χ1n) is 7.83. The molecule has 0 amide bonds. The number of ether oxygens (including phenoxy) is 2. The average Bonchev–Trinajstić information content (AvgIpc) is 2.48. The van der Waals surface area contributed by atoms with Gasteiger partial charge in [-0.05, 0) is 19.3 Å². The second kappa shape index (κ2) is 12.5. The van der Waals surface area contributed by atoms with Crippen molar-refractivity contribution in [1.29, 1.82) is 0 Å². The van der Waals surface area contributed by atoms with E-state index in [1.165, 1.54) is 0 Å². The summed E-state index contributed by atoms with van der Waals surface area (Å²) in [4.78, 5) is 0. The van der Waals surface area contributed by atoms with Gasteiger partial charge in [-0.25, -0.2) is 0 Å². The highest BCUT2D eigenvalue weighted by Gasteiger charge is 2.25. The fourth-order valence-electron chi connectivity index (χ4n) is 1.86. The van der Waals surface area contributed by atoms with Gasteiger partial charge in [0.25, 0.3) is 0 Å². The van der Waals surface area contributed by atoms with Crippen LogP contribution in [0.4, 0.5) is 0 Å². The molecule has 0 aliphatic heterocycles. The highest BCUT2D eigenvalue weighted by Crippen LogP contribution is 2.13. The first kappa shape index (κ1) is 19.8. The van der Waals surface area contributed by atoms with E-state index < -0.39 is 6.10 Å². The van der Waals surface area contributed by atoms with E-state index in [1.54, 1.807) is 0 Å². The number of nitrogens with one attached hydrogen (secondary N) is 1. The Morgan fingerprint density at radius 2 is 1.70 bits per heavy atom. The van der Waals surface area contributed by atoms with Gasteiger partial charge in [0.1, 0.15) is 0 Å². The van der Waals surface area contributed by atoms with E-state index in [0.29, 0.717) is 26.4 Å². The minimum absolute atomic E-state index is 0.0822. The molecule has 0 heterocycles. The molecular weight excluding hydrogens is 258 g/mol. The summed E-state index contributed by atoms with van der Waals surface area (Å²) in [6, 6.07) is 0. The minimum atomic E-state index is -0.560. The molecule has 0 fully saturated rings. The third kappa shape index (κ3) is 8.87. The molecule has 1 atom stereocenters. The minimum Gasteiger partial charge on any atom is -0.394 e. The average molecular weight is 291 g/mol. The Balaban J connectivity index is 3.60. The van der Waals surface area contributed by atoms with Gasteiger partial charge in [0, 0.05) is 18.7 Å². The van der Waals surface area contributed by atoms with Crippen LogP contribution >= 0.6 is 0 Å². The van der Waals surface area contributed by atoms with E-state index in [-0.39, 0.29) is 12.1 Å². The Morgan fingerprint density at radius 1 is 1.05 bits per heavy atom. The molecule has 0 radical (unpaired) electrons. The number of aliphatic hydroxyl groups is 2. The van der Waals surface area contributed by atoms with Gasteiger partial charge in [-0.3, -0.25) is 0 Å². The molecule has 0 aromatic carbocycles. The molecule has 0 aliphatic carbocycles. The normalized spacial score (nSPS) is 13.7. The molecule has 0 saturated carbocycles. The lowest BCUT2D eigenvalue weighted by Gasteiger charge is -2.31. The predicted molar refractivity (Wildman–Crippen MR) is 81.0 cm³/mol. The number of β-amino-alcohol motifs (C(OH)–C–C–N with tert-alkyl or cyclic N) is 1. The summed E-state index contributed by atoms with van der Waals surface area (Å²) in [5, 5.41) is 22.5. The third-order valence-electron chi connectivity index (χ3n) is 3.69. The molecule has 0 bridgehead atoms. The molecule has 3 N–H and O–H groups in total. The highest BCUT2D eigenvalue weighted by atomic mass is 16.5. The van der Waals surface area contributed by atoms with Gasteiger partial charge in [-0.2, -0.15) is 0 Å². The van der Waals surface area contributed by atoms with Gasteiger partial charge in [0.2, 0.25) is 0 Å². The maximum Gasteiger partial charge on any atom is 0.0897 e. The molecule has 0 aromatic rings. The van der Waals surface area contributed by atoms with Crippen molar-refractivity contribution in [2.24, 2.45) is 0 Å². The second-order valence-electron chi connectivity index (χ2n) is 5.22. The lowest BCUT2D eigenvalue weighted by molar-refractivity contribution is -0.000234. The van der Waals surface area contributed by atoms with Gasteiger partial charge >= 0.3 is 0 Å². The molecule has 20 heavy (non-hydrogen) atoms. The van der Waals surface area contributed by atoms with Crippen LogP contribution in [0, 0.1) is 0 Å². The summed E-state index contributed by atoms with van der Waals surface area (Å²) >= 11 is 0. The largest absolute Gasteiger partial charge is 0.394 e. The molecule has 0 aliphatic rings. The number of hydrogen-bond donors (Lipinski definition) is 3. The first-order valence-corrected chi connectivity index (χ1v) is 7.83. The summed E-state index contributed by atoms with van der Waals surface area (Å²) in [6.45, 7) is 8.85. The van der Waals surface area contributed by atoms with Crippen LogP contribution < -0.4 is 5.32 Å². The van der Waals surface area contributed by atoms with Crippen LogP contribution in [0.25, 0.3) is 0 Å². The van der Waals surface area contributed by atoms with Crippen molar-refractivity contribution in [3.8, 4) is 0 Å². The fourth-order valence-corrected chi connectivity index (χ4v) is 1.86. The summed E-state index contributed by atoms with van der Waals surface area (Å²) in [7, 11) is 0. The van der Waals surface area contributed by atoms with Crippen molar-refractivity contribution >= 4 is 0 Å². The zero-order chi connectivity index (χ0) is 15.3. The van der Waals surface area contributed by atoms with E-state index in [1.807, 2.05) is 13.8 Å². The number of hydrogen-bond acceptors (Lipinski definition) is 5. The topological polar surface area (TPSA) is 71.0 Å². The predicted octanol–water partition coefficient (Wildman–Crippen LogP) is 1.32. The van der Waals surface area contributed by atoms with Crippen molar-refractivity contribution in [2.45, 2.75) is 58.1 Å². The van der Waals surface area contributed by atoms with Crippen molar-refractivity contribution < 1.29 is 19.7 Å². The Kier molecular flexibility index (Phi) is 12.4. The van der Waals surface area contributed by atoms with Gasteiger partial charge in [0.15, 0.2) is 0 Å². The van der Waals surface area contributed by atoms with E-state index in [4.69, 9.17) is 9.47 Å². The number of aliphatic hydroxyl groups excluding tert-OH is 2. The van der Waals surface area contributed by atoms with Crippen LogP contribution in [-0.4, -0.2) is 61.4 Å². The van der Waals surface area contributed by atoms with Crippen LogP contribution in [-0.2, 0) is 9.47 Å². The zero-order valence-corrected chi connectivity index (χ0v) is 13.4. The Labute approximate surface area is 123 Å². The van der Waals surface area contributed by atoms with E-state index in [0.717, 1.165) is 32.3 Å². The van der Waals surface area contributed by atoms with Crippen molar-refractivity contribution in [3.05, 3.63) is 0 Å². The quantitative estimate of drug-likeness (QED) is 0.421. The van der Waals surface area contributed by atoms with Crippen LogP contribution in [0.1, 0.15) is 46.5 Å². The Hall–Kier alpha value is -0.200. The fraction of sp³-hybridized carbons (Fsp3) is 1.00. The van der Waals surface area contributed by atoms with Crippen molar-refractivity contribution in [1.82, 2.24) is 5.32 Å². The molecule has 5 nitrogen and oxygen atoms in total. The van der Waals surface area contributed by atoms with Crippen LogP contribution in [0.3, 0.4) is 0 Å². The Bertz CT molecular complexity index is 202. The summed E-state index contributed by atoms with van der Waals surface area (Å²) < 4.78 is 10.7. The van der Waals surface area contributed by atoms with Crippen LogP contribution in [0.15, 0.2) is 0 Å². The SMILES string of the molecule is CCCCOCCOCC(O)CNC(CC)(CC)CO. The third-order valence-corrected chi connectivity index (χ3v) is 3.69. The maximum absolute atomic E-state index is 9.83. The van der Waals surface area contributed by atoms with Crippen molar-refractivity contribution in [2.75, 3.05) is 39.6 Å². The Morgan fingerprint density at radius 3 is 2.25 bits per heavy atom. The van der Waals surface area contributed by atoms with Gasteiger partial charge < -0.3 is 25.0 Å². The summed E-state index contributed by atoms with van der Waals surface area (Å²) in [5.74, 6) is 0. The molecule has 0 spiro atoms. The van der Waals surface area contributed by atoms with Crippen LogP contribution in [0.5, 0.6) is 0 Å². The lowest BCUT2D eigenvalue weighted by Crippen LogP contribution is -2.50. The molecular formula is C15H33NO4. The number of unbranched alkanes of at least 4 members (excludes halogenated alkanes) is 1. The van der Waals surface area contributed by atoms with E-state index >= 15 is 0 Å². The molecule has 1 unspecified atom stereocenters. The zero-order valence-electron chi connectivity index (χ0n) is 13.4. The monoisotopic (exact) mass is 291 g/mol. The molecule has 122 valence electrons.